The van der Waals surface area contributed by atoms with E-state index in [2.05, 4.69) is 0 Å². The molecule has 0 saturated carbocycles. The van der Waals surface area contributed by atoms with Crippen LogP contribution >= 0.6 is 0 Å². The maximum absolute atomic E-state index is 11.0. The third-order valence-electron chi connectivity index (χ3n) is 3.15. The smallest absolute Gasteiger partial charge is 0.311 e. The van der Waals surface area contributed by atoms with Gasteiger partial charge in [0.25, 0.3) is 0 Å². The van der Waals surface area contributed by atoms with E-state index in [-0.39, 0.29) is 11.4 Å². The van der Waals surface area contributed by atoms with Crippen molar-refractivity contribution in [2.75, 3.05) is 14.2 Å². The van der Waals surface area contributed by atoms with Crippen molar-refractivity contribution < 1.29 is 19.5 Å². The van der Waals surface area contributed by atoms with E-state index in [0.717, 1.165) is 0 Å². The minimum atomic E-state index is -0.958. The van der Waals surface area contributed by atoms with Crippen molar-refractivity contribution in [3.05, 3.63) is 63.7 Å². The summed E-state index contributed by atoms with van der Waals surface area (Å²) in [7, 11) is 2.92. The molecule has 6 heteroatoms. The predicted octanol–water partition coefficient (Wildman–Crippen LogP) is 2.69. The van der Waals surface area contributed by atoms with Gasteiger partial charge in [0.1, 0.15) is 11.9 Å². The first kappa shape index (κ1) is 14.8. The van der Waals surface area contributed by atoms with Gasteiger partial charge in [-0.1, -0.05) is 18.2 Å². The van der Waals surface area contributed by atoms with E-state index in [1.54, 1.807) is 37.4 Å². The lowest BCUT2D eigenvalue weighted by Gasteiger charge is -2.13. The molecule has 1 N–H and O–H groups in total. The van der Waals surface area contributed by atoms with Gasteiger partial charge < -0.3 is 14.6 Å². The molecular formula is C15H15NO5. The van der Waals surface area contributed by atoms with Gasteiger partial charge in [-0.05, 0) is 29.3 Å². The number of nitro groups is 1. The van der Waals surface area contributed by atoms with E-state index in [4.69, 9.17) is 9.47 Å². The Hall–Kier alpha value is -2.60. The molecule has 110 valence electrons. The first-order valence-electron chi connectivity index (χ1n) is 6.21. The van der Waals surface area contributed by atoms with Crippen molar-refractivity contribution in [3.8, 4) is 11.5 Å². The van der Waals surface area contributed by atoms with Gasteiger partial charge in [0.2, 0.25) is 0 Å². The fraction of sp³-hybridized carbons (Fsp3) is 0.200. The number of aliphatic hydroxyl groups is 1. The van der Waals surface area contributed by atoms with Gasteiger partial charge in [-0.15, -0.1) is 0 Å². The molecule has 0 amide bonds. The largest absolute Gasteiger partial charge is 0.497 e. The Labute approximate surface area is 121 Å². The zero-order valence-electron chi connectivity index (χ0n) is 11.6. The Morgan fingerprint density at radius 2 is 1.67 bits per heavy atom. The van der Waals surface area contributed by atoms with Crippen LogP contribution in [0.4, 0.5) is 5.69 Å². The van der Waals surface area contributed by atoms with E-state index >= 15 is 0 Å². The number of benzene rings is 2. The van der Waals surface area contributed by atoms with Crippen LogP contribution in [0.2, 0.25) is 0 Å². The number of hydrogen-bond acceptors (Lipinski definition) is 5. The standard InChI is InChI=1S/C15H15NO5/c1-20-12-6-3-10(4-7-12)15(17)11-5-8-14(21-2)13(9-11)16(18)19/h3-9,15,17H,1-2H3/t15-/m1/s1. The average Bonchev–Trinajstić information content (AvgIpc) is 2.53. The van der Waals surface area contributed by atoms with E-state index in [1.165, 1.54) is 19.2 Å². The second-order valence-corrected chi connectivity index (χ2v) is 4.36. The number of nitro benzene ring substituents is 1. The molecule has 0 unspecified atom stereocenters. The zero-order chi connectivity index (χ0) is 15.4. The average molecular weight is 289 g/mol. The summed E-state index contributed by atoms with van der Waals surface area (Å²) in [6.07, 6.45) is -0.958. The van der Waals surface area contributed by atoms with Crippen LogP contribution in [0.15, 0.2) is 42.5 Å². The van der Waals surface area contributed by atoms with E-state index < -0.39 is 11.0 Å². The van der Waals surface area contributed by atoms with Crippen molar-refractivity contribution in [3.63, 3.8) is 0 Å². The van der Waals surface area contributed by atoms with Crippen molar-refractivity contribution in [1.82, 2.24) is 0 Å². The number of ether oxygens (including phenoxy) is 2. The first-order chi connectivity index (χ1) is 10.1. The number of rotatable bonds is 5. The molecule has 0 saturated heterocycles. The Bertz CT molecular complexity index is 639. The molecule has 0 heterocycles. The lowest BCUT2D eigenvalue weighted by molar-refractivity contribution is -0.385. The molecule has 0 aliphatic rings. The summed E-state index contributed by atoms with van der Waals surface area (Å²) < 4.78 is 9.99. The molecule has 0 aromatic heterocycles. The zero-order valence-corrected chi connectivity index (χ0v) is 11.6. The number of nitrogens with zero attached hydrogens (tertiary/aromatic N) is 1. The van der Waals surface area contributed by atoms with Gasteiger partial charge in [0, 0.05) is 6.07 Å². The minimum absolute atomic E-state index is 0.158. The van der Waals surface area contributed by atoms with Crippen LogP contribution in [0.5, 0.6) is 11.5 Å². The monoisotopic (exact) mass is 289 g/mol. The highest BCUT2D eigenvalue weighted by Crippen LogP contribution is 2.32. The maximum Gasteiger partial charge on any atom is 0.311 e. The molecule has 2 aromatic carbocycles. The molecule has 0 bridgehead atoms. The van der Waals surface area contributed by atoms with Crippen LogP contribution < -0.4 is 9.47 Å². The molecule has 0 aliphatic heterocycles. The molecule has 6 nitrogen and oxygen atoms in total. The Kier molecular flexibility index (Phi) is 4.39. The summed E-state index contributed by atoms with van der Waals surface area (Å²) in [6, 6.07) is 11.2. The molecule has 0 aliphatic carbocycles. The van der Waals surface area contributed by atoms with Gasteiger partial charge in [-0.3, -0.25) is 10.1 Å². The number of aliphatic hydroxyl groups excluding tert-OH is 1. The van der Waals surface area contributed by atoms with Crippen LogP contribution in [-0.4, -0.2) is 24.2 Å². The van der Waals surface area contributed by atoms with E-state index in [0.29, 0.717) is 16.9 Å². The van der Waals surface area contributed by atoms with Crippen LogP contribution in [0.25, 0.3) is 0 Å². The van der Waals surface area contributed by atoms with Gasteiger partial charge in [-0.2, -0.15) is 0 Å². The second-order valence-electron chi connectivity index (χ2n) is 4.36. The van der Waals surface area contributed by atoms with Gasteiger partial charge >= 0.3 is 5.69 Å². The van der Waals surface area contributed by atoms with Crippen molar-refractivity contribution >= 4 is 5.69 Å². The Morgan fingerprint density at radius 1 is 1.05 bits per heavy atom. The summed E-state index contributed by atoms with van der Waals surface area (Å²) in [5, 5.41) is 21.3. The fourth-order valence-corrected chi connectivity index (χ4v) is 2.00. The second kappa shape index (κ2) is 6.23. The van der Waals surface area contributed by atoms with Crippen LogP contribution in [0, 0.1) is 10.1 Å². The number of hydrogen-bond donors (Lipinski definition) is 1. The molecule has 2 rings (SSSR count). The Balaban J connectivity index is 2.35. The van der Waals surface area contributed by atoms with Crippen molar-refractivity contribution in [2.45, 2.75) is 6.10 Å². The molecule has 2 aromatic rings. The SMILES string of the molecule is COc1ccc([C@@H](O)c2ccc(OC)c([N+](=O)[O-])c2)cc1. The van der Waals surface area contributed by atoms with Crippen molar-refractivity contribution in [2.24, 2.45) is 0 Å². The third-order valence-corrected chi connectivity index (χ3v) is 3.15. The summed E-state index contributed by atoms with van der Waals surface area (Å²) in [4.78, 5) is 10.5. The van der Waals surface area contributed by atoms with Gasteiger partial charge in [0.15, 0.2) is 5.75 Å². The Morgan fingerprint density at radius 3 is 2.19 bits per heavy atom. The van der Waals surface area contributed by atoms with Crippen LogP contribution in [0.3, 0.4) is 0 Å². The van der Waals surface area contributed by atoms with Crippen LogP contribution in [-0.2, 0) is 0 Å². The summed E-state index contributed by atoms with van der Waals surface area (Å²) in [6.45, 7) is 0. The molecule has 0 fully saturated rings. The third kappa shape index (κ3) is 3.11. The van der Waals surface area contributed by atoms with Crippen LogP contribution in [0.1, 0.15) is 17.2 Å². The lowest BCUT2D eigenvalue weighted by Crippen LogP contribution is -2.02. The molecule has 0 radical (unpaired) electrons. The fourth-order valence-electron chi connectivity index (χ4n) is 2.00. The topological polar surface area (TPSA) is 81.8 Å². The predicted molar refractivity (Wildman–Crippen MR) is 76.7 cm³/mol. The maximum atomic E-state index is 11.0. The molecule has 0 spiro atoms. The quantitative estimate of drug-likeness (QED) is 0.676. The highest BCUT2D eigenvalue weighted by molar-refractivity contribution is 5.50. The van der Waals surface area contributed by atoms with E-state index in [1.807, 2.05) is 0 Å². The summed E-state index contributed by atoms with van der Waals surface area (Å²) >= 11 is 0. The van der Waals surface area contributed by atoms with E-state index in [9.17, 15) is 15.2 Å². The molecule has 21 heavy (non-hydrogen) atoms. The number of methoxy groups -OCH3 is 2. The summed E-state index contributed by atoms with van der Waals surface area (Å²) in [5.74, 6) is 0.831. The van der Waals surface area contributed by atoms with Gasteiger partial charge in [0.05, 0.1) is 19.1 Å². The first-order valence-corrected chi connectivity index (χ1v) is 6.21. The molecular weight excluding hydrogens is 274 g/mol. The lowest BCUT2D eigenvalue weighted by atomic mass is 10.0. The highest BCUT2D eigenvalue weighted by Gasteiger charge is 2.19. The van der Waals surface area contributed by atoms with Crippen molar-refractivity contribution in [1.29, 1.82) is 0 Å². The van der Waals surface area contributed by atoms with Gasteiger partial charge in [-0.25, -0.2) is 0 Å². The normalized spacial score (nSPS) is 11.8. The molecule has 1 atom stereocenters. The minimum Gasteiger partial charge on any atom is -0.497 e. The summed E-state index contributed by atoms with van der Waals surface area (Å²) in [5.41, 5.74) is 0.866. The highest BCUT2D eigenvalue weighted by atomic mass is 16.6.